The Kier molecular flexibility index (Phi) is 4.01. The van der Waals surface area contributed by atoms with E-state index in [1.165, 1.54) is 11.5 Å². The van der Waals surface area contributed by atoms with Gasteiger partial charge in [0.05, 0.1) is 0 Å². The van der Waals surface area contributed by atoms with Gasteiger partial charge in [0, 0.05) is 44.1 Å². The van der Waals surface area contributed by atoms with Crippen LogP contribution in [0.25, 0.3) is 5.65 Å². The van der Waals surface area contributed by atoms with Crippen molar-refractivity contribution in [3.63, 3.8) is 0 Å². The summed E-state index contributed by atoms with van der Waals surface area (Å²) in [4.78, 5) is 9.15. The molecule has 1 aliphatic rings. The van der Waals surface area contributed by atoms with E-state index in [0.29, 0.717) is 0 Å². The summed E-state index contributed by atoms with van der Waals surface area (Å²) in [6.07, 6.45) is 1.89. The van der Waals surface area contributed by atoms with Crippen LogP contribution in [0.15, 0.2) is 12.1 Å². The second kappa shape index (κ2) is 6.31. The third-order valence-corrected chi connectivity index (χ3v) is 5.11. The van der Waals surface area contributed by atoms with Crippen LogP contribution < -0.4 is 9.80 Å². The maximum absolute atomic E-state index is 4.75. The van der Waals surface area contributed by atoms with Crippen molar-refractivity contribution in [3.8, 4) is 0 Å². The number of aryl methyl sites for hydroxylation is 2. The van der Waals surface area contributed by atoms with Crippen LogP contribution in [-0.2, 0) is 6.42 Å². The molecule has 1 fully saturated rings. The van der Waals surface area contributed by atoms with Crippen LogP contribution >= 0.6 is 11.5 Å². The fraction of sp³-hybridized carbons (Fsp3) is 0.533. The van der Waals surface area contributed by atoms with Gasteiger partial charge >= 0.3 is 0 Å². The van der Waals surface area contributed by atoms with Crippen molar-refractivity contribution in [1.29, 1.82) is 0 Å². The zero-order valence-electron chi connectivity index (χ0n) is 13.9. The van der Waals surface area contributed by atoms with Gasteiger partial charge < -0.3 is 9.80 Å². The van der Waals surface area contributed by atoms with Crippen LogP contribution in [0.5, 0.6) is 0 Å². The molecule has 8 nitrogen and oxygen atoms in total. The van der Waals surface area contributed by atoms with Crippen LogP contribution in [0.1, 0.15) is 25.0 Å². The van der Waals surface area contributed by atoms with Crippen LogP contribution in [-0.4, -0.2) is 55.3 Å². The lowest BCUT2D eigenvalue weighted by molar-refractivity contribution is 0.758. The van der Waals surface area contributed by atoms with Crippen molar-refractivity contribution >= 4 is 28.1 Å². The van der Waals surface area contributed by atoms with E-state index in [9.17, 15) is 0 Å². The molecule has 9 heteroatoms. The Hall–Kier alpha value is -2.29. The molecule has 0 saturated carbocycles. The highest BCUT2D eigenvalue weighted by atomic mass is 32.1. The monoisotopic (exact) mass is 344 g/mol. The van der Waals surface area contributed by atoms with E-state index in [1.54, 1.807) is 0 Å². The Morgan fingerprint density at radius 3 is 2.71 bits per heavy atom. The number of aromatic nitrogens is 6. The van der Waals surface area contributed by atoms with E-state index in [-0.39, 0.29) is 0 Å². The van der Waals surface area contributed by atoms with E-state index in [4.69, 9.17) is 5.10 Å². The summed E-state index contributed by atoms with van der Waals surface area (Å²) in [6, 6.07) is 4.03. The second-order valence-corrected chi connectivity index (χ2v) is 6.61. The summed E-state index contributed by atoms with van der Waals surface area (Å²) in [7, 11) is 0. The predicted molar refractivity (Wildman–Crippen MR) is 93.8 cm³/mol. The fourth-order valence-electron chi connectivity index (χ4n) is 2.97. The largest absolute Gasteiger partial charge is 0.353 e. The molecule has 4 heterocycles. The Morgan fingerprint density at radius 2 is 1.92 bits per heavy atom. The summed E-state index contributed by atoms with van der Waals surface area (Å²) < 4.78 is 6.15. The lowest BCUT2D eigenvalue weighted by atomic mass is 10.3. The van der Waals surface area contributed by atoms with Crippen LogP contribution in [0, 0.1) is 6.92 Å². The van der Waals surface area contributed by atoms with Crippen molar-refractivity contribution < 1.29 is 0 Å². The van der Waals surface area contributed by atoms with Crippen molar-refractivity contribution in [3.05, 3.63) is 23.8 Å². The van der Waals surface area contributed by atoms with Crippen molar-refractivity contribution in [1.82, 2.24) is 29.2 Å². The Morgan fingerprint density at radius 1 is 1.08 bits per heavy atom. The first kappa shape index (κ1) is 15.3. The van der Waals surface area contributed by atoms with Crippen molar-refractivity contribution in [2.45, 2.75) is 26.7 Å². The minimum atomic E-state index is 0.802. The van der Waals surface area contributed by atoms with Crippen molar-refractivity contribution in [2.75, 3.05) is 36.0 Å². The summed E-state index contributed by atoms with van der Waals surface area (Å²) >= 11 is 1.48. The molecule has 1 aliphatic heterocycles. The topological polar surface area (TPSA) is 75.3 Å². The fourth-order valence-corrected chi connectivity index (χ4v) is 3.69. The lowest BCUT2D eigenvalue weighted by Crippen LogP contribution is -2.31. The molecule has 4 rings (SSSR count). The Labute approximate surface area is 144 Å². The molecule has 126 valence electrons. The van der Waals surface area contributed by atoms with E-state index >= 15 is 0 Å². The Balaban J connectivity index is 1.54. The van der Waals surface area contributed by atoms with Crippen LogP contribution in [0.4, 0.5) is 10.9 Å². The predicted octanol–water partition coefficient (Wildman–Crippen LogP) is 1.56. The maximum atomic E-state index is 4.75. The number of fused-ring (bicyclic) bond motifs is 1. The zero-order chi connectivity index (χ0) is 16.5. The normalized spacial score (nSPS) is 15.9. The molecule has 0 atom stereocenters. The molecule has 0 amide bonds. The van der Waals surface area contributed by atoms with Gasteiger partial charge in [0.15, 0.2) is 11.5 Å². The first-order chi connectivity index (χ1) is 11.7. The second-order valence-electron chi connectivity index (χ2n) is 5.88. The van der Waals surface area contributed by atoms with Gasteiger partial charge in [-0.2, -0.15) is 8.89 Å². The summed E-state index contributed by atoms with van der Waals surface area (Å²) in [5.74, 6) is 2.72. The molecule has 1 saturated heterocycles. The molecule has 0 radical (unpaired) electrons. The summed E-state index contributed by atoms with van der Waals surface area (Å²) in [5.41, 5.74) is 0.802. The standard InChI is InChI=1S/C15H20N8S/c1-3-12-17-18-13-5-6-14(19-23(12)13)21-7-4-8-22(10-9-21)15-16-11(2)20-24-15/h5-6H,3-4,7-10H2,1-2H3. The van der Waals surface area contributed by atoms with E-state index in [2.05, 4.69) is 36.3 Å². The third kappa shape index (κ3) is 2.79. The number of anilines is 2. The molecule has 0 aromatic carbocycles. The first-order valence-corrected chi connectivity index (χ1v) is 9.03. The molecule has 0 spiro atoms. The molecular formula is C15H20N8S. The SMILES string of the molecule is CCc1nnc2ccc(N3CCCN(c4nc(C)ns4)CC3)nn12. The van der Waals surface area contributed by atoms with Gasteiger partial charge in [-0.1, -0.05) is 6.92 Å². The van der Waals surface area contributed by atoms with Gasteiger partial charge in [-0.25, -0.2) is 4.98 Å². The average molecular weight is 344 g/mol. The minimum absolute atomic E-state index is 0.802. The molecular weight excluding hydrogens is 324 g/mol. The van der Waals surface area contributed by atoms with Gasteiger partial charge in [-0.3, -0.25) is 0 Å². The number of nitrogens with zero attached hydrogens (tertiary/aromatic N) is 8. The molecule has 0 aliphatic carbocycles. The smallest absolute Gasteiger partial charge is 0.205 e. The molecule has 0 bridgehead atoms. The Bertz CT molecular complexity index is 841. The quantitative estimate of drug-likeness (QED) is 0.714. The van der Waals surface area contributed by atoms with Gasteiger partial charge in [0.1, 0.15) is 11.6 Å². The van der Waals surface area contributed by atoms with E-state index in [1.807, 2.05) is 23.6 Å². The first-order valence-electron chi connectivity index (χ1n) is 8.26. The number of hydrogen-bond donors (Lipinski definition) is 0. The minimum Gasteiger partial charge on any atom is -0.353 e. The highest BCUT2D eigenvalue weighted by Gasteiger charge is 2.19. The molecule has 24 heavy (non-hydrogen) atoms. The van der Waals surface area contributed by atoms with Crippen LogP contribution in [0.3, 0.4) is 0 Å². The van der Waals surface area contributed by atoms with Crippen molar-refractivity contribution in [2.24, 2.45) is 0 Å². The van der Waals surface area contributed by atoms with E-state index in [0.717, 1.165) is 67.3 Å². The van der Waals surface area contributed by atoms with Gasteiger partial charge in [-0.15, -0.1) is 15.3 Å². The van der Waals surface area contributed by atoms with Gasteiger partial charge in [-0.05, 0) is 25.5 Å². The summed E-state index contributed by atoms with van der Waals surface area (Å²) in [6.45, 7) is 7.83. The zero-order valence-corrected chi connectivity index (χ0v) is 14.7. The highest BCUT2D eigenvalue weighted by molar-refractivity contribution is 7.09. The molecule has 3 aromatic heterocycles. The molecule has 0 unspecified atom stereocenters. The van der Waals surface area contributed by atoms with E-state index < -0.39 is 0 Å². The maximum Gasteiger partial charge on any atom is 0.205 e. The van der Waals surface area contributed by atoms with Gasteiger partial charge in [0.25, 0.3) is 0 Å². The van der Waals surface area contributed by atoms with Gasteiger partial charge in [0.2, 0.25) is 5.13 Å². The molecule has 0 N–H and O–H groups in total. The molecule has 3 aromatic rings. The van der Waals surface area contributed by atoms with Crippen LogP contribution in [0.2, 0.25) is 0 Å². The average Bonchev–Trinajstić information content (AvgIpc) is 3.13. The highest BCUT2D eigenvalue weighted by Crippen LogP contribution is 2.21. The third-order valence-electron chi connectivity index (χ3n) is 4.24. The number of rotatable bonds is 3. The summed E-state index contributed by atoms with van der Waals surface area (Å²) in [5, 5.41) is 14.1. The lowest BCUT2D eigenvalue weighted by Gasteiger charge is -2.22. The number of hydrogen-bond acceptors (Lipinski definition) is 8.